The molecule has 0 spiro atoms. The molecular formula is C24H26N2O3. The summed E-state index contributed by atoms with van der Waals surface area (Å²) in [6.07, 6.45) is 2.53. The average Bonchev–Trinajstić information content (AvgIpc) is 3.15. The van der Waals surface area contributed by atoms with E-state index < -0.39 is 5.97 Å². The second-order valence-electron chi connectivity index (χ2n) is 7.50. The monoisotopic (exact) mass is 390 g/mol. The Kier molecular flexibility index (Phi) is 6.56. The first-order valence-corrected chi connectivity index (χ1v) is 9.81. The fourth-order valence-electron chi connectivity index (χ4n) is 3.33. The highest BCUT2D eigenvalue weighted by Crippen LogP contribution is 2.29. The van der Waals surface area contributed by atoms with Crippen molar-refractivity contribution < 1.29 is 14.6 Å². The van der Waals surface area contributed by atoms with E-state index >= 15 is 0 Å². The SMILES string of the molecule is CC#CC(CC(=O)O)c1ccc(OC(CC(C)C)c2ccc3cc[nH]c3n2)cc1. The summed E-state index contributed by atoms with van der Waals surface area (Å²) in [6, 6.07) is 13.6. The van der Waals surface area contributed by atoms with Crippen molar-refractivity contribution in [3.63, 3.8) is 0 Å². The number of hydrogen-bond donors (Lipinski definition) is 2. The van der Waals surface area contributed by atoms with E-state index in [1.54, 1.807) is 6.92 Å². The number of hydrogen-bond acceptors (Lipinski definition) is 3. The number of nitrogens with zero attached hydrogens (tertiary/aromatic N) is 1. The van der Waals surface area contributed by atoms with Crippen LogP contribution in [0.25, 0.3) is 11.0 Å². The Morgan fingerprint density at radius 1 is 1.17 bits per heavy atom. The van der Waals surface area contributed by atoms with Gasteiger partial charge in [0.1, 0.15) is 17.5 Å². The van der Waals surface area contributed by atoms with Gasteiger partial charge >= 0.3 is 5.97 Å². The molecule has 3 aromatic rings. The van der Waals surface area contributed by atoms with Gasteiger partial charge in [-0.25, -0.2) is 4.98 Å². The molecule has 0 fully saturated rings. The summed E-state index contributed by atoms with van der Waals surface area (Å²) >= 11 is 0. The van der Waals surface area contributed by atoms with Crippen molar-refractivity contribution in [1.82, 2.24) is 9.97 Å². The van der Waals surface area contributed by atoms with Gasteiger partial charge in [-0.2, -0.15) is 0 Å². The van der Waals surface area contributed by atoms with Crippen molar-refractivity contribution in [3.05, 3.63) is 59.9 Å². The fourth-order valence-corrected chi connectivity index (χ4v) is 3.33. The van der Waals surface area contributed by atoms with E-state index in [1.165, 1.54) is 0 Å². The van der Waals surface area contributed by atoms with Gasteiger partial charge in [-0.15, -0.1) is 5.92 Å². The van der Waals surface area contributed by atoms with Crippen LogP contribution in [0.5, 0.6) is 5.75 Å². The van der Waals surface area contributed by atoms with Gasteiger partial charge in [-0.3, -0.25) is 4.79 Å². The maximum Gasteiger partial charge on any atom is 0.304 e. The number of aromatic nitrogens is 2. The van der Waals surface area contributed by atoms with Crippen molar-refractivity contribution in [2.24, 2.45) is 5.92 Å². The van der Waals surface area contributed by atoms with Crippen LogP contribution < -0.4 is 4.74 Å². The lowest BCUT2D eigenvalue weighted by atomic mass is 9.96. The molecular weight excluding hydrogens is 364 g/mol. The van der Waals surface area contributed by atoms with Gasteiger partial charge in [0.25, 0.3) is 0 Å². The molecule has 0 aliphatic heterocycles. The van der Waals surface area contributed by atoms with Crippen molar-refractivity contribution in [2.45, 2.75) is 45.6 Å². The molecule has 2 unspecified atom stereocenters. The highest BCUT2D eigenvalue weighted by molar-refractivity contribution is 5.75. The number of aromatic amines is 1. The normalized spacial score (nSPS) is 13.0. The van der Waals surface area contributed by atoms with Crippen LogP contribution in [0.15, 0.2) is 48.7 Å². The van der Waals surface area contributed by atoms with Crippen LogP contribution in [0.3, 0.4) is 0 Å². The lowest BCUT2D eigenvalue weighted by Crippen LogP contribution is -2.12. The number of nitrogens with one attached hydrogen (secondary N) is 1. The largest absolute Gasteiger partial charge is 0.484 e. The van der Waals surface area contributed by atoms with Crippen LogP contribution in [0.4, 0.5) is 0 Å². The molecule has 29 heavy (non-hydrogen) atoms. The lowest BCUT2D eigenvalue weighted by molar-refractivity contribution is -0.137. The zero-order chi connectivity index (χ0) is 20.8. The minimum Gasteiger partial charge on any atom is -0.484 e. The van der Waals surface area contributed by atoms with Crippen LogP contribution in [-0.4, -0.2) is 21.0 Å². The molecule has 0 bridgehead atoms. The molecule has 1 aromatic carbocycles. The average molecular weight is 390 g/mol. The Morgan fingerprint density at radius 3 is 2.59 bits per heavy atom. The van der Waals surface area contributed by atoms with Crippen LogP contribution >= 0.6 is 0 Å². The Bertz CT molecular complexity index is 1030. The van der Waals surface area contributed by atoms with Gasteiger partial charge in [-0.05, 0) is 55.2 Å². The standard InChI is InChI=1S/C24H26N2O3/c1-4-5-19(15-23(27)28)17-6-9-20(10-7-17)29-22(14-16(2)3)21-11-8-18-12-13-25-24(18)26-21/h6-13,16,19,22H,14-15H2,1-3H3,(H,25,26)(H,27,28). The van der Waals surface area contributed by atoms with E-state index in [0.29, 0.717) is 5.92 Å². The minimum absolute atomic E-state index is 0.0168. The maximum absolute atomic E-state index is 11.1. The number of H-pyrrole nitrogens is 1. The van der Waals surface area contributed by atoms with E-state index in [1.807, 2.05) is 48.7 Å². The van der Waals surface area contributed by atoms with E-state index in [-0.39, 0.29) is 18.4 Å². The number of ether oxygens (including phenoxy) is 1. The van der Waals surface area contributed by atoms with Crippen LogP contribution in [0, 0.1) is 17.8 Å². The van der Waals surface area contributed by atoms with Gasteiger partial charge < -0.3 is 14.8 Å². The summed E-state index contributed by atoms with van der Waals surface area (Å²) in [4.78, 5) is 19.0. The number of carboxylic acid groups (broad SMARTS) is 1. The molecule has 2 N–H and O–H groups in total. The first-order valence-electron chi connectivity index (χ1n) is 9.81. The lowest BCUT2D eigenvalue weighted by Gasteiger charge is -2.21. The molecule has 2 heterocycles. The Hall–Kier alpha value is -3.26. The molecule has 5 nitrogen and oxygen atoms in total. The molecule has 2 atom stereocenters. The number of aliphatic carboxylic acids is 1. The molecule has 0 aliphatic carbocycles. The third-order valence-electron chi connectivity index (χ3n) is 4.70. The number of benzene rings is 1. The molecule has 3 rings (SSSR count). The molecule has 0 radical (unpaired) electrons. The summed E-state index contributed by atoms with van der Waals surface area (Å²) in [5.74, 6) is 5.78. The minimum atomic E-state index is -0.860. The van der Waals surface area contributed by atoms with Gasteiger partial charge in [-0.1, -0.05) is 31.9 Å². The number of carboxylic acids is 1. The predicted octanol–water partition coefficient (Wildman–Crippen LogP) is 5.31. The van der Waals surface area contributed by atoms with Gasteiger partial charge in [0.2, 0.25) is 0 Å². The predicted molar refractivity (Wildman–Crippen MR) is 114 cm³/mol. The number of fused-ring (bicyclic) bond motifs is 1. The highest BCUT2D eigenvalue weighted by atomic mass is 16.5. The summed E-state index contributed by atoms with van der Waals surface area (Å²) in [7, 11) is 0. The van der Waals surface area contributed by atoms with Crippen molar-refractivity contribution in [2.75, 3.05) is 0 Å². The smallest absolute Gasteiger partial charge is 0.304 e. The summed E-state index contributed by atoms with van der Waals surface area (Å²) in [6.45, 7) is 6.04. The van der Waals surface area contributed by atoms with Crippen LogP contribution in [0.2, 0.25) is 0 Å². The second kappa shape index (κ2) is 9.29. The van der Waals surface area contributed by atoms with Crippen molar-refractivity contribution in [3.8, 4) is 17.6 Å². The Morgan fingerprint density at radius 2 is 1.93 bits per heavy atom. The molecule has 5 heteroatoms. The summed E-state index contributed by atoms with van der Waals surface area (Å²) in [5, 5.41) is 10.2. The third-order valence-corrected chi connectivity index (χ3v) is 4.70. The molecule has 0 amide bonds. The van der Waals surface area contributed by atoms with Crippen LogP contribution in [-0.2, 0) is 4.79 Å². The first kappa shape index (κ1) is 20.5. The molecule has 150 valence electrons. The first-order chi connectivity index (χ1) is 14.0. The molecule has 0 saturated heterocycles. The Labute approximate surface area is 171 Å². The van der Waals surface area contributed by atoms with E-state index in [4.69, 9.17) is 14.8 Å². The van der Waals surface area contributed by atoms with E-state index in [0.717, 1.165) is 34.5 Å². The molecule has 2 aromatic heterocycles. The van der Waals surface area contributed by atoms with Gasteiger partial charge in [0.15, 0.2) is 0 Å². The van der Waals surface area contributed by atoms with Crippen LogP contribution in [0.1, 0.15) is 56.9 Å². The summed E-state index contributed by atoms with van der Waals surface area (Å²) < 4.78 is 6.28. The number of carbonyl (C=O) groups is 1. The number of rotatable bonds is 8. The second-order valence-corrected chi connectivity index (χ2v) is 7.50. The highest BCUT2D eigenvalue weighted by Gasteiger charge is 2.19. The zero-order valence-corrected chi connectivity index (χ0v) is 17.0. The third kappa shape index (κ3) is 5.39. The van der Waals surface area contributed by atoms with Crippen molar-refractivity contribution in [1.29, 1.82) is 0 Å². The number of pyridine rings is 1. The fraction of sp³-hybridized carbons (Fsp3) is 0.333. The molecule has 0 aliphatic rings. The van der Waals surface area contributed by atoms with Crippen molar-refractivity contribution >= 4 is 17.0 Å². The van der Waals surface area contributed by atoms with Gasteiger partial charge in [0, 0.05) is 11.6 Å². The van der Waals surface area contributed by atoms with E-state index in [9.17, 15) is 4.79 Å². The topological polar surface area (TPSA) is 75.2 Å². The van der Waals surface area contributed by atoms with Gasteiger partial charge in [0.05, 0.1) is 18.0 Å². The zero-order valence-electron chi connectivity index (χ0n) is 17.0. The maximum atomic E-state index is 11.1. The van der Waals surface area contributed by atoms with E-state index in [2.05, 4.69) is 30.7 Å². The Balaban J connectivity index is 1.81. The molecule has 0 saturated carbocycles. The quantitative estimate of drug-likeness (QED) is 0.511. The summed E-state index contributed by atoms with van der Waals surface area (Å²) in [5.41, 5.74) is 2.61.